The molecule has 0 aliphatic heterocycles. The van der Waals surface area contributed by atoms with Crippen molar-refractivity contribution in [3.8, 4) is 11.3 Å². The Bertz CT molecular complexity index is 1520. The standard InChI is InChI=1S/C32H29ClN4OS/c33-29-15-13-27(14-16-29)30-22-39-32(36-30)37(20-23-5-2-1-3-6-23)21-24-9-11-28(12-10-24)31(38)35-19-26-8-4-7-25(17-26)18-34/h1-17,22H,18-21,34H2,(H,35,38). The molecule has 0 bridgehead atoms. The van der Waals surface area contributed by atoms with Crippen LogP contribution in [0.25, 0.3) is 11.3 Å². The normalized spacial score (nSPS) is 10.8. The smallest absolute Gasteiger partial charge is 0.251 e. The van der Waals surface area contributed by atoms with Crippen LogP contribution in [0.4, 0.5) is 5.13 Å². The van der Waals surface area contributed by atoms with E-state index < -0.39 is 0 Å². The average molecular weight is 553 g/mol. The van der Waals surface area contributed by atoms with E-state index in [1.165, 1.54) is 5.56 Å². The Labute approximate surface area is 237 Å². The number of aromatic nitrogens is 1. The Morgan fingerprint density at radius 1 is 0.821 bits per heavy atom. The first-order chi connectivity index (χ1) is 19.1. The fourth-order valence-corrected chi connectivity index (χ4v) is 5.25. The van der Waals surface area contributed by atoms with Crippen LogP contribution >= 0.6 is 22.9 Å². The second kappa shape index (κ2) is 12.7. The van der Waals surface area contributed by atoms with E-state index in [0.29, 0.717) is 30.2 Å². The lowest BCUT2D eigenvalue weighted by Gasteiger charge is -2.22. The maximum Gasteiger partial charge on any atom is 0.251 e. The van der Waals surface area contributed by atoms with Crippen molar-refractivity contribution < 1.29 is 4.79 Å². The summed E-state index contributed by atoms with van der Waals surface area (Å²) >= 11 is 7.69. The third-order valence-electron chi connectivity index (χ3n) is 6.39. The van der Waals surface area contributed by atoms with Crippen molar-refractivity contribution in [3.05, 3.63) is 141 Å². The van der Waals surface area contributed by atoms with Crippen LogP contribution in [0, 0.1) is 0 Å². The summed E-state index contributed by atoms with van der Waals surface area (Å²) in [6, 6.07) is 33.8. The number of hydrogen-bond donors (Lipinski definition) is 2. The molecule has 0 saturated heterocycles. The largest absolute Gasteiger partial charge is 0.348 e. The van der Waals surface area contributed by atoms with Crippen molar-refractivity contribution in [2.75, 3.05) is 4.90 Å². The van der Waals surface area contributed by atoms with E-state index in [4.69, 9.17) is 22.3 Å². The molecule has 0 atom stereocenters. The first-order valence-electron chi connectivity index (χ1n) is 12.7. The Balaban J connectivity index is 1.29. The quantitative estimate of drug-likeness (QED) is 0.194. The Morgan fingerprint density at radius 3 is 2.21 bits per heavy atom. The van der Waals surface area contributed by atoms with Gasteiger partial charge in [-0.3, -0.25) is 4.79 Å². The number of benzene rings is 4. The highest BCUT2D eigenvalue weighted by molar-refractivity contribution is 7.14. The maximum atomic E-state index is 12.8. The Morgan fingerprint density at radius 2 is 1.49 bits per heavy atom. The molecule has 0 aliphatic rings. The number of thiazole rings is 1. The van der Waals surface area contributed by atoms with E-state index in [9.17, 15) is 4.79 Å². The molecule has 0 spiro atoms. The molecule has 1 amide bonds. The molecule has 1 aromatic heterocycles. The van der Waals surface area contributed by atoms with Crippen LogP contribution in [0.3, 0.4) is 0 Å². The highest BCUT2D eigenvalue weighted by atomic mass is 35.5. The number of halogens is 1. The Hall–Kier alpha value is -3.97. The average Bonchev–Trinajstić information content (AvgIpc) is 3.47. The monoisotopic (exact) mass is 552 g/mol. The number of nitrogens with one attached hydrogen (secondary N) is 1. The minimum Gasteiger partial charge on any atom is -0.348 e. The predicted octanol–water partition coefficient (Wildman–Crippen LogP) is 7.06. The summed E-state index contributed by atoms with van der Waals surface area (Å²) in [5.41, 5.74) is 12.7. The number of anilines is 1. The molecule has 39 heavy (non-hydrogen) atoms. The molecule has 0 unspecified atom stereocenters. The maximum absolute atomic E-state index is 12.8. The number of nitrogens with two attached hydrogens (primary N) is 1. The number of carbonyl (C=O) groups excluding carboxylic acids is 1. The van der Waals surface area contributed by atoms with E-state index in [-0.39, 0.29) is 5.91 Å². The lowest BCUT2D eigenvalue weighted by atomic mass is 10.1. The molecule has 0 fully saturated rings. The van der Waals surface area contributed by atoms with Gasteiger partial charge in [0.15, 0.2) is 5.13 Å². The molecule has 0 aliphatic carbocycles. The van der Waals surface area contributed by atoms with E-state index >= 15 is 0 Å². The second-order valence-corrected chi connectivity index (χ2v) is 10.5. The summed E-state index contributed by atoms with van der Waals surface area (Å²) in [4.78, 5) is 20.0. The molecule has 196 valence electrons. The van der Waals surface area contributed by atoms with Crippen molar-refractivity contribution in [2.45, 2.75) is 26.2 Å². The molecule has 3 N–H and O–H groups in total. The van der Waals surface area contributed by atoms with Crippen molar-refractivity contribution >= 4 is 34.0 Å². The zero-order valence-corrected chi connectivity index (χ0v) is 23.0. The minimum atomic E-state index is -0.103. The van der Waals surface area contributed by atoms with Crippen LogP contribution in [0.1, 0.15) is 32.6 Å². The highest BCUT2D eigenvalue weighted by Crippen LogP contribution is 2.30. The molecule has 0 saturated carbocycles. The van der Waals surface area contributed by atoms with Crippen LogP contribution in [0.15, 0.2) is 109 Å². The van der Waals surface area contributed by atoms with Crippen LogP contribution in [-0.2, 0) is 26.2 Å². The number of rotatable bonds is 10. The van der Waals surface area contributed by atoms with Gasteiger partial charge in [-0.15, -0.1) is 11.3 Å². The van der Waals surface area contributed by atoms with Crippen LogP contribution in [0.2, 0.25) is 5.02 Å². The number of carbonyl (C=O) groups is 1. The van der Waals surface area contributed by atoms with E-state index in [1.54, 1.807) is 11.3 Å². The summed E-state index contributed by atoms with van der Waals surface area (Å²) in [5, 5.41) is 6.72. The third kappa shape index (κ3) is 7.12. The van der Waals surface area contributed by atoms with Gasteiger partial charge in [-0.2, -0.15) is 0 Å². The summed E-state index contributed by atoms with van der Waals surface area (Å²) in [6.07, 6.45) is 0. The highest BCUT2D eigenvalue weighted by Gasteiger charge is 2.15. The lowest BCUT2D eigenvalue weighted by molar-refractivity contribution is 0.0951. The predicted molar refractivity (Wildman–Crippen MR) is 161 cm³/mol. The number of nitrogens with zero attached hydrogens (tertiary/aromatic N) is 2. The molecule has 5 rings (SSSR count). The molecule has 0 radical (unpaired) electrons. The van der Waals surface area contributed by atoms with Gasteiger partial charge in [0.1, 0.15) is 0 Å². The third-order valence-corrected chi connectivity index (χ3v) is 7.54. The van der Waals surface area contributed by atoms with Crippen molar-refractivity contribution in [1.82, 2.24) is 10.3 Å². The topological polar surface area (TPSA) is 71.2 Å². The Kier molecular flexibility index (Phi) is 8.68. The van der Waals surface area contributed by atoms with Gasteiger partial charge < -0.3 is 16.0 Å². The zero-order valence-electron chi connectivity index (χ0n) is 21.4. The zero-order chi connectivity index (χ0) is 27.0. The fraction of sp³-hybridized carbons (Fsp3) is 0.125. The summed E-state index contributed by atoms with van der Waals surface area (Å²) in [6.45, 7) is 2.32. The minimum absolute atomic E-state index is 0.103. The summed E-state index contributed by atoms with van der Waals surface area (Å²) in [7, 11) is 0. The van der Waals surface area contributed by atoms with Crippen LogP contribution in [0.5, 0.6) is 0 Å². The van der Waals surface area contributed by atoms with E-state index in [1.807, 2.05) is 91.0 Å². The fourth-order valence-electron chi connectivity index (χ4n) is 4.29. The second-order valence-electron chi connectivity index (χ2n) is 9.27. The molecule has 1 heterocycles. The first-order valence-corrected chi connectivity index (χ1v) is 14.0. The van der Waals surface area contributed by atoms with Gasteiger partial charge >= 0.3 is 0 Å². The summed E-state index contributed by atoms with van der Waals surface area (Å²) < 4.78 is 0. The van der Waals surface area contributed by atoms with E-state index in [0.717, 1.165) is 39.6 Å². The van der Waals surface area contributed by atoms with Crippen LogP contribution in [-0.4, -0.2) is 10.9 Å². The van der Waals surface area contributed by atoms with Crippen molar-refractivity contribution in [1.29, 1.82) is 0 Å². The van der Waals surface area contributed by atoms with Gasteiger partial charge in [0.2, 0.25) is 0 Å². The molecular weight excluding hydrogens is 524 g/mol. The number of hydrogen-bond acceptors (Lipinski definition) is 5. The summed E-state index contributed by atoms with van der Waals surface area (Å²) in [5.74, 6) is -0.103. The molecule has 5 nitrogen and oxygen atoms in total. The van der Waals surface area contributed by atoms with Gasteiger partial charge in [-0.05, 0) is 46.5 Å². The molecule has 4 aromatic carbocycles. The molecular formula is C32H29ClN4OS. The van der Waals surface area contributed by atoms with Crippen molar-refractivity contribution in [3.63, 3.8) is 0 Å². The van der Waals surface area contributed by atoms with Crippen LogP contribution < -0.4 is 16.0 Å². The first kappa shape index (κ1) is 26.6. The van der Waals surface area contributed by atoms with Gasteiger partial charge in [-0.1, -0.05) is 90.5 Å². The number of amides is 1. The molecule has 5 aromatic rings. The van der Waals surface area contributed by atoms with Gasteiger partial charge in [0.05, 0.1) is 5.69 Å². The van der Waals surface area contributed by atoms with E-state index in [2.05, 4.69) is 27.7 Å². The van der Waals surface area contributed by atoms with Gasteiger partial charge in [0, 0.05) is 47.7 Å². The lowest BCUT2D eigenvalue weighted by Crippen LogP contribution is -2.23. The van der Waals surface area contributed by atoms with Crippen molar-refractivity contribution in [2.24, 2.45) is 5.73 Å². The van der Waals surface area contributed by atoms with Gasteiger partial charge in [0.25, 0.3) is 5.91 Å². The molecule has 7 heteroatoms. The SMILES string of the molecule is NCc1cccc(CNC(=O)c2ccc(CN(Cc3ccccc3)c3nc(-c4ccc(Cl)cc4)cs3)cc2)c1. The van der Waals surface area contributed by atoms with Gasteiger partial charge in [-0.25, -0.2) is 4.98 Å².